The van der Waals surface area contributed by atoms with Crippen molar-refractivity contribution in [1.82, 2.24) is 25.0 Å². The largest absolute Gasteiger partial charge is 0.436 e. The molecule has 0 bridgehead atoms. The number of aromatic nitrogens is 5. The van der Waals surface area contributed by atoms with Crippen LogP contribution in [0.1, 0.15) is 25.1 Å². The Bertz CT molecular complexity index is 1280. The molecule has 0 spiro atoms. The van der Waals surface area contributed by atoms with Gasteiger partial charge in [-0.15, -0.1) is 10.2 Å². The van der Waals surface area contributed by atoms with Gasteiger partial charge in [0.2, 0.25) is 11.6 Å². The first kappa shape index (κ1) is 20.0. The number of benzene rings is 1. The van der Waals surface area contributed by atoms with Gasteiger partial charge in [0.1, 0.15) is 11.8 Å². The fourth-order valence-electron chi connectivity index (χ4n) is 2.53. The number of halogens is 1. The summed E-state index contributed by atoms with van der Waals surface area (Å²) in [6, 6.07) is 7.46. The van der Waals surface area contributed by atoms with Crippen molar-refractivity contribution in [2.45, 2.75) is 20.3 Å². The van der Waals surface area contributed by atoms with Gasteiger partial charge in [0.25, 0.3) is 11.1 Å². The maximum absolute atomic E-state index is 12.0. The Hall–Kier alpha value is -3.71. The number of ether oxygens (including phenoxy) is 1. The molecule has 3 aromatic rings. The summed E-state index contributed by atoms with van der Waals surface area (Å²) >= 11 is 6.24. The zero-order valence-electron chi connectivity index (χ0n) is 15.4. The van der Waals surface area contributed by atoms with Crippen LogP contribution in [-0.4, -0.2) is 25.0 Å². The molecule has 11 heteroatoms. The topological polar surface area (TPSA) is 147 Å². The average molecular weight is 415 g/mol. The molecule has 148 valence electrons. The highest BCUT2D eigenvalue weighted by atomic mass is 35.5. The minimum Gasteiger partial charge on any atom is -0.436 e. The van der Waals surface area contributed by atoms with E-state index in [9.17, 15) is 14.4 Å². The lowest BCUT2D eigenvalue weighted by Crippen LogP contribution is -2.33. The molecule has 10 nitrogen and oxygen atoms in total. The summed E-state index contributed by atoms with van der Waals surface area (Å²) in [4.78, 5) is 37.3. The number of hydrogen-bond acceptors (Lipinski definition) is 7. The van der Waals surface area contributed by atoms with Gasteiger partial charge in [-0.05, 0) is 30.5 Å². The molecule has 0 radical (unpaired) electrons. The lowest BCUT2D eigenvalue weighted by Gasteiger charge is -2.10. The molecule has 0 amide bonds. The third kappa shape index (κ3) is 4.41. The van der Waals surface area contributed by atoms with Crippen LogP contribution in [0, 0.1) is 17.2 Å². The van der Waals surface area contributed by atoms with Gasteiger partial charge in [-0.25, -0.2) is 9.89 Å². The second kappa shape index (κ2) is 8.12. The molecule has 2 N–H and O–H groups in total. The second-order valence-corrected chi connectivity index (χ2v) is 6.91. The van der Waals surface area contributed by atoms with Crippen molar-refractivity contribution in [3.05, 3.63) is 71.7 Å². The first-order valence-electron chi connectivity index (χ1n) is 8.48. The van der Waals surface area contributed by atoms with Crippen molar-refractivity contribution in [2.75, 3.05) is 0 Å². The first-order chi connectivity index (χ1) is 13.8. The smallest absolute Gasteiger partial charge is 0.349 e. The van der Waals surface area contributed by atoms with Crippen LogP contribution >= 0.6 is 11.6 Å². The molecule has 0 aliphatic carbocycles. The molecule has 3 rings (SSSR count). The minimum absolute atomic E-state index is 0.124. The van der Waals surface area contributed by atoms with E-state index in [0.29, 0.717) is 12.0 Å². The number of hydrogen-bond donors (Lipinski definition) is 2. The minimum atomic E-state index is -0.874. The molecule has 29 heavy (non-hydrogen) atoms. The first-order valence-corrected chi connectivity index (χ1v) is 8.86. The Morgan fingerprint density at radius 2 is 2.00 bits per heavy atom. The van der Waals surface area contributed by atoms with E-state index in [1.54, 1.807) is 6.07 Å². The summed E-state index contributed by atoms with van der Waals surface area (Å²) in [7, 11) is 0. The number of nitriles is 1. The van der Waals surface area contributed by atoms with Crippen molar-refractivity contribution in [1.29, 1.82) is 5.26 Å². The van der Waals surface area contributed by atoms with Crippen LogP contribution in [0.3, 0.4) is 0 Å². The summed E-state index contributed by atoms with van der Waals surface area (Å²) in [5, 5.41) is 19.0. The van der Waals surface area contributed by atoms with E-state index in [0.717, 1.165) is 4.68 Å². The fraction of sp³-hybridized carbons (Fsp3) is 0.222. The third-order valence-electron chi connectivity index (χ3n) is 3.79. The van der Waals surface area contributed by atoms with E-state index in [-0.39, 0.29) is 33.8 Å². The van der Waals surface area contributed by atoms with Crippen LogP contribution < -0.4 is 21.5 Å². The Labute approximate surface area is 168 Å². The summed E-state index contributed by atoms with van der Waals surface area (Å²) in [6.45, 7) is 3.97. The number of H-pyrrole nitrogens is 2. The van der Waals surface area contributed by atoms with Crippen molar-refractivity contribution in [3.8, 4) is 23.4 Å². The van der Waals surface area contributed by atoms with E-state index in [1.807, 2.05) is 18.8 Å². The molecule has 2 heterocycles. The summed E-state index contributed by atoms with van der Waals surface area (Å²) in [6.07, 6.45) is 0.558. The van der Waals surface area contributed by atoms with E-state index in [4.69, 9.17) is 21.6 Å². The Morgan fingerprint density at radius 3 is 2.66 bits per heavy atom. The highest BCUT2D eigenvalue weighted by molar-refractivity contribution is 6.32. The molecule has 2 aromatic heterocycles. The van der Waals surface area contributed by atoms with Gasteiger partial charge >= 0.3 is 5.69 Å². The van der Waals surface area contributed by atoms with Gasteiger partial charge in [0.05, 0.1) is 10.7 Å². The van der Waals surface area contributed by atoms with E-state index >= 15 is 0 Å². The van der Waals surface area contributed by atoms with E-state index < -0.39 is 16.9 Å². The molecule has 0 aliphatic heterocycles. The van der Waals surface area contributed by atoms with Crippen LogP contribution in [-0.2, 0) is 6.42 Å². The molecule has 0 saturated carbocycles. The molecule has 1 aromatic carbocycles. The number of aromatic amines is 2. The predicted molar refractivity (Wildman–Crippen MR) is 104 cm³/mol. The van der Waals surface area contributed by atoms with Crippen LogP contribution in [0.15, 0.2) is 38.6 Å². The van der Waals surface area contributed by atoms with Gasteiger partial charge < -0.3 is 4.74 Å². The molecule has 0 fully saturated rings. The highest BCUT2D eigenvalue weighted by Crippen LogP contribution is 2.30. The normalized spacial score (nSPS) is 10.7. The lowest BCUT2D eigenvalue weighted by molar-refractivity contribution is 0.452. The Kier molecular flexibility index (Phi) is 5.61. The van der Waals surface area contributed by atoms with Crippen LogP contribution in [0.5, 0.6) is 11.6 Å². The van der Waals surface area contributed by atoms with E-state index in [2.05, 4.69) is 15.3 Å². The maximum atomic E-state index is 12.0. The Balaban J connectivity index is 1.94. The second-order valence-electron chi connectivity index (χ2n) is 6.51. The zero-order chi connectivity index (χ0) is 21.1. The molecule has 0 unspecified atom stereocenters. The van der Waals surface area contributed by atoms with Crippen LogP contribution in [0.25, 0.3) is 5.69 Å². The Morgan fingerprint density at radius 1 is 1.24 bits per heavy atom. The molecular formula is C18H15ClN6O4. The van der Waals surface area contributed by atoms with Gasteiger partial charge in [0, 0.05) is 11.6 Å². The van der Waals surface area contributed by atoms with Gasteiger partial charge in [-0.2, -0.15) is 9.94 Å². The summed E-state index contributed by atoms with van der Waals surface area (Å²) in [5.74, 6) is 0.653. The van der Waals surface area contributed by atoms with Crippen molar-refractivity contribution >= 4 is 11.6 Å². The van der Waals surface area contributed by atoms with Crippen LogP contribution in [0.4, 0.5) is 0 Å². The molecule has 0 aliphatic rings. The van der Waals surface area contributed by atoms with Crippen LogP contribution in [0.2, 0.25) is 5.02 Å². The number of rotatable bonds is 5. The van der Waals surface area contributed by atoms with Crippen molar-refractivity contribution in [2.24, 2.45) is 5.92 Å². The monoisotopic (exact) mass is 414 g/mol. The standard InChI is InChI=1S/C18H15ClN6O4/c1-9(2)5-10-6-15(22-23-16(10)26)29-14-4-3-11(7-12(14)19)25-18(28)21-17(27)13(8-20)24-25/h3-4,6-7,9H,5H2,1-2H3,(H,23,26)(H,21,27,28). The SMILES string of the molecule is CC(C)Cc1cc(Oc2ccc(-n3nc(C#N)c(=O)[nH]c3=O)cc2Cl)n[nH]c1=O. The summed E-state index contributed by atoms with van der Waals surface area (Å²) < 4.78 is 6.48. The molecule has 0 saturated heterocycles. The molecule has 0 atom stereocenters. The molecular weight excluding hydrogens is 400 g/mol. The number of nitrogens with zero attached hydrogens (tertiary/aromatic N) is 4. The van der Waals surface area contributed by atoms with Gasteiger partial charge in [-0.3, -0.25) is 14.6 Å². The average Bonchev–Trinajstić information content (AvgIpc) is 2.66. The van der Waals surface area contributed by atoms with Gasteiger partial charge in [-0.1, -0.05) is 25.4 Å². The zero-order valence-corrected chi connectivity index (χ0v) is 16.1. The van der Waals surface area contributed by atoms with Gasteiger partial charge in [0.15, 0.2) is 0 Å². The third-order valence-corrected chi connectivity index (χ3v) is 4.09. The predicted octanol–water partition coefficient (Wildman–Crippen LogP) is 1.52. The quantitative estimate of drug-likeness (QED) is 0.643. The maximum Gasteiger partial charge on any atom is 0.349 e. The fourth-order valence-corrected chi connectivity index (χ4v) is 2.75. The lowest BCUT2D eigenvalue weighted by atomic mass is 10.1. The van der Waals surface area contributed by atoms with E-state index in [1.165, 1.54) is 24.3 Å². The van der Waals surface area contributed by atoms with Crippen molar-refractivity contribution in [3.63, 3.8) is 0 Å². The number of nitrogens with one attached hydrogen (secondary N) is 2. The summed E-state index contributed by atoms with van der Waals surface area (Å²) in [5.41, 5.74) is -1.69. The van der Waals surface area contributed by atoms with Crippen molar-refractivity contribution < 1.29 is 4.74 Å². The highest BCUT2D eigenvalue weighted by Gasteiger charge is 2.12.